The molecule has 4 rings (SSSR count). The van der Waals surface area contributed by atoms with Gasteiger partial charge in [0.25, 0.3) is 5.91 Å². The molecule has 1 atom stereocenters. The highest BCUT2D eigenvalue weighted by Gasteiger charge is 2.26. The van der Waals surface area contributed by atoms with Gasteiger partial charge in [0.15, 0.2) is 0 Å². The van der Waals surface area contributed by atoms with E-state index in [1.807, 2.05) is 30.3 Å². The maximum absolute atomic E-state index is 12.9. The summed E-state index contributed by atoms with van der Waals surface area (Å²) in [6, 6.07) is 11.4. The SMILES string of the molecule is CC(C)CNC(=O)c1cc([C@H]2CN(c3ncccn3)CCO2)nc2ccccc12. The van der Waals surface area contributed by atoms with E-state index in [2.05, 4.69) is 34.0 Å². The van der Waals surface area contributed by atoms with Crippen molar-refractivity contribution in [1.29, 1.82) is 0 Å². The van der Waals surface area contributed by atoms with Gasteiger partial charge in [0.1, 0.15) is 6.10 Å². The van der Waals surface area contributed by atoms with Crippen LogP contribution in [0.4, 0.5) is 5.95 Å². The van der Waals surface area contributed by atoms with Crippen molar-refractivity contribution in [3.05, 3.63) is 60.0 Å². The third kappa shape index (κ3) is 4.35. The normalized spacial score (nSPS) is 16.9. The Morgan fingerprint density at radius 1 is 1.24 bits per heavy atom. The van der Waals surface area contributed by atoms with E-state index in [-0.39, 0.29) is 12.0 Å². The van der Waals surface area contributed by atoms with Crippen molar-refractivity contribution >= 4 is 22.8 Å². The van der Waals surface area contributed by atoms with Crippen LogP contribution in [0.15, 0.2) is 48.8 Å². The van der Waals surface area contributed by atoms with E-state index in [1.165, 1.54) is 0 Å². The van der Waals surface area contributed by atoms with Gasteiger partial charge in [-0.1, -0.05) is 32.0 Å². The molecule has 150 valence electrons. The number of nitrogens with one attached hydrogen (secondary N) is 1. The second-order valence-electron chi connectivity index (χ2n) is 7.57. The molecule has 3 heterocycles. The van der Waals surface area contributed by atoms with Crippen LogP contribution in [0, 0.1) is 5.92 Å². The molecule has 1 fully saturated rings. The fourth-order valence-corrected chi connectivity index (χ4v) is 3.41. The van der Waals surface area contributed by atoms with Crippen molar-refractivity contribution in [2.75, 3.05) is 31.1 Å². The fourth-order valence-electron chi connectivity index (χ4n) is 3.41. The van der Waals surface area contributed by atoms with Crippen LogP contribution in [-0.2, 0) is 4.74 Å². The highest BCUT2D eigenvalue weighted by Crippen LogP contribution is 2.27. The van der Waals surface area contributed by atoms with Crippen molar-refractivity contribution in [2.24, 2.45) is 5.92 Å². The van der Waals surface area contributed by atoms with Crippen LogP contribution in [0.3, 0.4) is 0 Å². The first-order valence-electron chi connectivity index (χ1n) is 9.93. The third-order valence-electron chi connectivity index (χ3n) is 4.88. The van der Waals surface area contributed by atoms with E-state index in [0.717, 1.165) is 23.1 Å². The molecule has 1 amide bonds. The molecule has 1 aliphatic heterocycles. The van der Waals surface area contributed by atoms with Gasteiger partial charge in [-0.3, -0.25) is 4.79 Å². The van der Waals surface area contributed by atoms with E-state index < -0.39 is 0 Å². The van der Waals surface area contributed by atoms with Gasteiger partial charge in [-0.15, -0.1) is 0 Å². The van der Waals surface area contributed by atoms with Gasteiger partial charge in [-0.05, 0) is 24.1 Å². The highest BCUT2D eigenvalue weighted by atomic mass is 16.5. The quantitative estimate of drug-likeness (QED) is 0.720. The van der Waals surface area contributed by atoms with Crippen LogP contribution in [0.1, 0.15) is 36.0 Å². The standard InChI is InChI=1S/C22H25N5O2/c1-15(2)13-25-21(28)17-12-19(26-18-7-4-3-6-16(17)18)20-14-27(10-11-29-20)22-23-8-5-9-24-22/h3-9,12,15,20H,10-11,13-14H2,1-2H3,(H,25,28)/t20-/m1/s1. The number of fused-ring (bicyclic) bond motifs is 1. The number of carbonyl (C=O) groups is 1. The Balaban J connectivity index is 1.65. The largest absolute Gasteiger partial charge is 0.368 e. The summed E-state index contributed by atoms with van der Waals surface area (Å²) in [6.07, 6.45) is 3.21. The zero-order chi connectivity index (χ0) is 20.2. The Morgan fingerprint density at radius 3 is 2.83 bits per heavy atom. The number of amides is 1. The molecule has 7 heteroatoms. The van der Waals surface area contributed by atoms with Gasteiger partial charge in [-0.25, -0.2) is 15.0 Å². The second-order valence-corrected chi connectivity index (χ2v) is 7.57. The number of pyridine rings is 1. The molecule has 2 aromatic heterocycles. The summed E-state index contributed by atoms with van der Waals surface area (Å²) in [5, 5.41) is 3.86. The lowest BCUT2D eigenvalue weighted by molar-refractivity contribution is 0.0366. The van der Waals surface area contributed by atoms with E-state index in [4.69, 9.17) is 9.72 Å². The molecule has 1 aliphatic rings. The topological polar surface area (TPSA) is 80.2 Å². The molecule has 1 N–H and O–H groups in total. The number of aromatic nitrogens is 3. The van der Waals surface area contributed by atoms with Crippen molar-refractivity contribution in [3.8, 4) is 0 Å². The van der Waals surface area contributed by atoms with Gasteiger partial charge in [0.05, 0.1) is 29.9 Å². The molecular formula is C22H25N5O2. The first-order chi connectivity index (χ1) is 14.1. The number of hydrogen-bond acceptors (Lipinski definition) is 6. The number of ether oxygens (including phenoxy) is 1. The minimum Gasteiger partial charge on any atom is -0.368 e. The zero-order valence-corrected chi connectivity index (χ0v) is 16.7. The van der Waals surface area contributed by atoms with E-state index in [1.54, 1.807) is 18.5 Å². The molecule has 1 saturated heterocycles. The summed E-state index contributed by atoms with van der Waals surface area (Å²) < 4.78 is 6.01. The summed E-state index contributed by atoms with van der Waals surface area (Å²) in [7, 11) is 0. The molecular weight excluding hydrogens is 366 g/mol. The Labute approximate surface area is 170 Å². The first-order valence-corrected chi connectivity index (χ1v) is 9.93. The lowest BCUT2D eigenvalue weighted by atomic mass is 10.0. The lowest BCUT2D eigenvalue weighted by Gasteiger charge is -2.32. The summed E-state index contributed by atoms with van der Waals surface area (Å²) in [5.41, 5.74) is 2.17. The summed E-state index contributed by atoms with van der Waals surface area (Å²) in [5.74, 6) is 0.974. The Bertz CT molecular complexity index is 993. The molecule has 0 radical (unpaired) electrons. The van der Waals surface area contributed by atoms with E-state index >= 15 is 0 Å². The smallest absolute Gasteiger partial charge is 0.252 e. The van der Waals surface area contributed by atoms with E-state index in [0.29, 0.717) is 37.1 Å². The van der Waals surface area contributed by atoms with Gasteiger partial charge in [0.2, 0.25) is 5.95 Å². The minimum absolute atomic E-state index is 0.0855. The zero-order valence-electron chi connectivity index (χ0n) is 16.7. The van der Waals surface area contributed by atoms with E-state index in [9.17, 15) is 4.79 Å². The first kappa shape index (κ1) is 19.3. The van der Waals surface area contributed by atoms with Gasteiger partial charge in [-0.2, -0.15) is 0 Å². The number of nitrogens with zero attached hydrogens (tertiary/aromatic N) is 4. The minimum atomic E-state index is -0.256. The van der Waals surface area contributed by atoms with Crippen LogP contribution in [0.2, 0.25) is 0 Å². The maximum Gasteiger partial charge on any atom is 0.252 e. The monoisotopic (exact) mass is 391 g/mol. The van der Waals surface area contributed by atoms with Crippen LogP contribution in [0.25, 0.3) is 10.9 Å². The number of para-hydroxylation sites is 1. The Kier molecular flexibility index (Phi) is 5.67. The molecule has 0 unspecified atom stereocenters. The van der Waals surface area contributed by atoms with Crippen LogP contribution in [-0.4, -0.2) is 47.1 Å². The van der Waals surface area contributed by atoms with Crippen molar-refractivity contribution in [1.82, 2.24) is 20.3 Å². The Hall–Kier alpha value is -3.06. The molecule has 3 aromatic rings. The number of rotatable bonds is 5. The molecule has 0 saturated carbocycles. The lowest BCUT2D eigenvalue weighted by Crippen LogP contribution is -2.39. The third-order valence-corrected chi connectivity index (χ3v) is 4.88. The molecule has 0 aliphatic carbocycles. The molecule has 1 aromatic carbocycles. The second kappa shape index (κ2) is 8.53. The van der Waals surface area contributed by atoms with Gasteiger partial charge < -0.3 is 15.0 Å². The summed E-state index contributed by atoms with van der Waals surface area (Å²) in [6.45, 7) is 6.63. The summed E-state index contributed by atoms with van der Waals surface area (Å²) >= 11 is 0. The predicted octanol–water partition coefficient (Wildman–Crippen LogP) is 2.99. The summed E-state index contributed by atoms with van der Waals surface area (Å²) in [4.78, 5) is 28.4. The average molecular weight is 391 g/mol. The van der Waals surface area contributed by atoms with Gasteiger partial charge >= 0.3 is 0 Å². The predicted molar refractivity (Wildman–Crippen MR) is 112 cm³/mol. The molecule has 0 bridgehead atoms. The fraction of sp³-hybridized carbons (Fsp3) is 0.364. The maximum atomic E-state index is 12.9. The van der Waals surface area contributed by atoms with Gasteiger partial charge in [0, 0.05) is 30.9 Å². The molecule has 29 heavy (non-hydrogen) atoms. The average Bonchev–Trinajstić information content (AvgIpc) is 2.77. The number of anilines is 1. The number of benzene rings is 1. The van der Waals surface area contributed by atoms with Crippen LogP contribution < -0.4 is 10.2 Å². The van der Waals surface area contributed by atoms with Crippen LogP contribution >= 0.6 is 0 Å². The van der Waals surface area contributed by atoms with Crippen molar-refractivity contribution < 1.29 is 9.53 Å². The number of hydrogen-bond donors (Lipinski definition) is 1. The number of carbonyl (C=O) groups excluding carboxylic acids is 1. The van der Waals surface area contributed by atoms with Crippen LogP contribution in [0.5, 0.6) is 0 Å². The number of morpholine rings is 1. The van der Waals surface area contributed by atoms with Crippen molar-refractivity contribution in [2.45, 2.75) is 20.0 Å². The molecule has 0 spiro atoms. The highest BCUT2D eigenvalue weighted by molar-refractivity contribution is 6.06. The van der Waals surface area contributed by atoms with Crippen molar-refractivity contribution in [3.63, 3.8) is 0 Å². The molecule has 7 nitrogen and oxygen atoms in total. The Morgan fingerprint density at radius 2 is 2.03 bits per heavy atom.